The highest BCUT2D eigenvalue weighted by Gasteiger charge is 2.23. The topological polar surface area (TPSA) is 50.6 Å². The highest BCUT2D eigenvalue weighted by atomic mass is 19.1. The van der Waals surface area contributed by atoms with E-state index in [-0.39, 0.29) is 18.5 Å². The number of nitrogens with zero attached hydrogens (tertiary/aromatic N) is 4. The van der Waals surface area contributed by atoms with Gasteiger partial charge in [-0.15, -0.1) is 0 Å². The summed E-state index contributed by atoms with van der Waals surface area (Å²) in [6.45, 7) is 7.91. The molecule has 1 aliphatic heterocycles. The van der Waals surface area contributed by atoms with Crippen molar-refractivity contribution in [3.63, 3.8) is 0 Å². The molecule has 162 valence electrons. The minimum absolute atomic E-state index is 0.0632. The van der Waals surface area contributed by atoms with Crippen LogP contribution in [0.1, 0.15) is 27.2 Å². The summed E-state index contributed by atoms with van der Waals surface area (Å²) < 4.78 is 20.5. The molecule has 0 spiro atoms. The van der Waals surface area contributed by atoms with E-state index >= 15 is 0 Å². The molecule has 2 heterocycles. The van der Waals surface area contributed by atoms with Crippen molar-refractivity contribution in [3.8, 4) is 5.75 Å². The van der Waals surface area contributed by atoms with Gasteiger partial charge in [0, 0.05) is 38.9 Å². The zero-order valence-electron chi connectivity index (χ0n) is 17.9. The molecule has 0 unspecified atom stereocenters. The van der Waals surface area contributed by atoms with Gasteiger partial charge in [0.15, 0.2) is 12.4 Å². The van der Waals surface area contributed by atoms with Crippen LogP contribution < -0.4 is 4.74 Å². The highest BCUT2D eigenvalue weighted by molar-refractivity contribution is 5.92. The Balaban J connectivity index is 1.28. The maximum atomic E-state index is 13.1. The Morgan fingerprint density at radius 1 is 1.03 bits per heavy atom. The molecule has 1 saturated heterocycles. The van der Waals surface area contributed by atoms with E-state index in [4.69, 9.17) is 4.74 Å². The van der Waals surface area contributed by atoms with Crippen LogP contribution in [0.4, 0.5) is 4.39 Å². The van der Waals surface area contributed by atoms with Crippen LogP contribution in [0.15, 0.2) is 54.7 Å². The van der Waals surface area contributed by atoms with Gasteiger partial charge < -0.3 is 9.64 Å². The van der Waals surface area contributed by atoms with Gasteiger partial charge in [-0.05, 0) is 49.2 Å². The highest BCUT2D eigenvalue weighted by Crippen LogP contribution is 2.19. The van der Waals surface area contributed by atoms with Gasteiger partial charge in [0.05, 0.1) is 0 Å². The fourth-order valence-corrected chi connectivity index (χ4v) is 3.76. The van der Waals surface area contributed by atoms with Gasteiger partial charge in [-0.2, -0.15) is 5.10 Å². The number of halogens is 1. The summed E-state index contributed by atoms with van der Waals surface area (Å²) >= 11 is 0. The zero-order valence-corrected chi connectivity index (χ0v) is 17.9. The first-order chi connectivity index (χ1) is 15.0. The van der Waals surface area contributed by atoms with Crippen molar-refractivity contribution >= 4 is 5.91 Å². The number of carbonyl (C=O) groups excluding carboxylic acids is 1. The number of hydrogen-bond acceptors (Lipinski definition) is 4. The summed E-state index contributed by atoms with van der Waals surface area (Å²) in [5.74, 6) is 0.524. The number of aryl methyl sites for hydroxylation is 2. The van der Waals surface area contributed by atoms with Crippen molar-refractivity contribution in [2.24, 2.45) is 0 Å². The molecular formula is C24H27FN4O2. The third-order valence-corrected chi connectivity index (χ3v) is 5.52. The number of aromatic nitrogens is 2. The Labute approximate surface area is 181 Å². The molecule has 1 amide bonds. The van der Waals surface area contributed by atoms with E-state index in [0.29, 0.717) is 18.8 Å². The van der Waals surface area contributed by atoms with Gasteiger partial charge in [-0.1, -0.05) is 29.8 Å². The minimum atomic E-state index is -0.224. The predicted molar refractivity (Wildman–Crippen MR) is 116 cm³/mol. The van der Waals surface area contributed by atoms with Crippen LogP contribution in [0.25, 0.3) is 0 Å². The number of benzene rings is 2. The zero-order chi connectivity index (χ0) is 21.8. The van der Waals surface area contributed by atoms with Crippen LogP contribution in [-0.2, 0) is 13.3 Å². The number of hydrogen-bond donors (Lipinski definition) is 0. The molecule has 6 nitrogen and oxygen atoms in total. The molecule has 0 saturated carbocycles. The van der Waals surface area contributed by atoms with E-state index in [0.717, 1.165) is 36.5 Å². The lowest BCUT2D eigenvalue weighted by molar-refractivity contribution is 0.0620. The van der Waals surface area contributed by atoms with E-state index in [1.165, 1.54) is 17.7 Å². The molecule has 3 aromatic rings. The monoisotopic (exact) mass is 422 g/mol. The standard InChI is InChI=1S/C24H27FN4O2/c1-18-3-8-23(19(2)15-18)31-17-29-10-9-22(26-29)24(30)28-13-11-27(12-14-28)16-20-4-6-21(25)7-5-20/h3-10,15H,11-14,16-17H2,1-2H3. The Morgan fingerprint density at radius 2 is 1.77 bits per heavy atom. The summed E-state index contributed by atoms with van der Waals surface area (Å²) in [6, 6.07) is 14.3. The second kappa shape index (κ2) is 9.31. The largest absolute Gasteiger partial charge is 0.471 e. The summed E-state index contributed by atoms with van der Waals surface area (Å²) in [5.41, 5.74) is 3.76. The van der Waals surface area contributed by atoms with Crippen molar-refractivity contribution < 1.29 is 13.9 Å². The van der Waals surface area contributed by atoms with Crippen molar-refractivity contribution in [1.82, 2.24) is 19.6 Å². The quantitative estimate of drug-likeness (QED) is 0.609. The molecule has 7 heteroatoms. The first kappa shape index (κ1) is 21.1. The molecule has 1 fully saturated rings. The molecule has 0 N–H and O–H groups in total. The van der Waals surface area contributed by atoms with Crippen molar-refractivity contribution in [1.29, 1.82) is 0 Å². The van der Waals surface area contributed by atoms with Gasteiger partial charge in [0.1, 0.15) is 11.6 Å². The fraction of sp³-hybridized carbons (Fsp3) is 0.333. The molecule has 0 aliphatic carbocycles. The van der Waals surface area contributed by atoms with Crippen molar-refractivity contribution in [2.45, 2.75) is 27.1 Å². The number of rotatable bonds is 6. The van der Waals surface area contributed by atoms with Crippen LogP contribution in [0.5, 0.6) is 5.75 Å². The molecule has 0 bridgehead atoms. The maximum Gasteiger partial charge on any atom is 0.274 e. The number of piperazine rings is 1. The van der Waals surface area contributed by atoms with Crippen LogP contribution in [-0.4, -0.2) is 51.7 Å². The van der Waals surface area contributed by atoms with E-state index in [1.54, 1.807) is 29.1 Å². The first-order valence-electron chi connectivity index (χ1n) is 10.5. The number of amides is 1. The van der Waals surface area contributed by atoms with E-state index in [1.807, 2.05) is 30.9 Å². The van der Waals surface area contributed by atoms with Crippen LogP contribution in [0.2, 0.25) is 0 Å². The minimum Gasteiger partial charge on any atom is -0.471 e. The lowest BCUT2D eigenvalue weighted by Gasteiger charge is -2.34. The Bertz CT molecular complexity index is 1040. The Morgan fingerprint density at radius 3 is 2.48 bits per heavy atom. The molecular weight excluding hydrogens is 395 g/mol. The van der Waals surface area contributed by atoms with Crippen molar-refractivity contribution in [3.05, 3.63) is 82.9 Å². The summed E-state index contributed by atoms with van der Waals surface area (Å²) in [7, 11) is 0. The molecule has 31 heavy (non-hydrogen) atoms. The van der Waals surface area contributed by atoms with Crippen molar-refractivity contribution in [2.75, 3.05) is 26.2 Å². The number of ether oxygens (including phenoxy) is 1. The second-order valence-electron chi connectivity index (χ2n) is 7.98. The predicted octanol–water partition coefficient (Wildman–Crippen LogP) is 3.63. The smallest absolute Gasteiger partial charge is 0.274 e. The Kier molecular flexibility index (Phi) is 6.32. The number of carbonyl (C=O) groups is 1. The van der Waals surface area contributed by atoms with Gasteiger partial charge in [0.25, 0.3) is 5.91 Å². The second-order valence-corrected chi connectivity index (χ2v) is 7.98. The first-order valence-corrected chi connectivity index (χ1v) is 10.5. The lowest BCUT2D eigenvalue weighted by Crippen LogP contribution is -2.48. The molecule has 4 rings (SSSR count). The van der Waals surface area contributed by atoms with Gasteiger partial charge >= 0.3 is 0 Å². The maximum absolute atomic E-state index is 13.1. The van der Waals surface area contributed by atoms with Crippen LogP contribution >= 0.6 is 0 Å². The average molecular weight is 423 g/mol. The Hall–Kier alpha value is -3.19. The van der Waals surface area contributed by atoms with Crippen LogP contribution in [0.3, 0.4) is 0 Å². The summed E-state index contributed by atoms with van der Waals surface area (Å²) in [4.78, 5) is 16.9. The summed E-state index contributed by atoms with van der Waals surface area (Å²) in [5, 5.41) is 4.39. The molecule has 0 radical (unpaired) electrons. The summed E-state index contributed by atoms with van der Waals surface area (Å²) in [6.07, 6.45) is 1.77. The third-order valence-electron chi connectivity index (χ3n) is 5.52. The van der Waals surface area contributed by atoms with Gasteiger partial charge in [-0.25, -0.2) is 9.07 Å². The molecule has 1 aliphatic rings. The fourth-order valence-electron chi connectivity index (χ4n) is 3.76. The normalized spacial score (nSPS) is 14.6. The molecule has 2 aromatic carbocycles. The van der Waals surface area contributed by atoms with E-state index < -0.39 is 0 Å². The lowest BCUT2D eigenvalue weighted by atomic mass is 10.1. The molecule has 0 atom stereocenters. The van der Waals surface area contributed by atoms with E-state index in [9.17, 15) is 9.18 Å². The van der Waals surface area contributed by atoms with Gasteiger partial charge in [0.2, 0.25) is 0 Å². The van der Waals surface area contributed by atoms with E-state index in [2.05, 4.69) is 16.1 Å². The molecule has 1 aromatic heterocycles. The average Bonchev–Trinajstić information content (AvgIpc) is 3.24. The SMILES string of the molecule is Cc1ccc(OCn2ccc(C(=O)N3CCN(Cc4ccc(F)cc4)CC3)n2)c(C)c1. The third kappa shape index (κ3) is 5.30. The van der Waals surface area contributed by atoms with Crippen LogP contribution in [0, 0.1) is 19.7 Å². The van der Waals surface area contributed by atoms with Gasteiger partial charge in [-0.3, -0.25) is 9.69 Å².